The zero-order valence-corrected chi connectivity index (χ0v) is 11.0. The maximum Gasteiger partial charge on any atom is 0.469 e. The van der Waals surface area contributed by atoms with E-state index in [9.17, 15) is 14.2 Å². The van der Waals surface area contributed by atoms with Crippen molar-refractivity contribution in [1.29, 1.82) is 0 Å². The summed E-state index contributed by atoms with van der Waals surface area (Å²) >= 11 is 0. The van der Waals surface area contributed by atoms with Gasteiger partial charge >= 0.3 is 7.82 Å². The average Bonchev–Trinajstić information content (AvgIpc) is 2.91. The molecule has 11 heteroatoms. The molecule has 0 spiro atoms. The first-order valence-electron chi connectivity index (χ1n) is 5.48. The van der Waals surface area contributed by atoms with Gasteiger partial charge in [-0.25, -0.2) is 9.55 Å². The molecular formula is C9H12N3O7P. The van der Waals surface area contributed by atoms with E-state index in [4.69, 9.17) is 20.3 Å². The molecule has 1 aliphatic rings. The van der Waals surface area contributed by atoms with Gasteiger partial charge in [-0.2, -0.15) is 0 Å². The van der Waals surface area contributed by atoms with Gasteiger partial charge in [0.2, 0.25) is 0 Å². The van der Waals surface area contributed by atoms with Crippen molar-refractivity contribution in [2.24, 2.45) is 5.73 Å². The van der Waals surface area contributed by atoms with E-state index in [0.29, 0.717) is 0 Å². The highest BCUT2D eigenvalue weighted by atomic mass is 31.2. The van der Waals surface area contributed by atoms with Gasteiger partial charge in [0.15, 0.2) is 5.78 Å². The molecule has 0 saturated carbocycles. The number of ketones is 1. The summed E-state index contributed by atoms with van der Waals surface area (Å²) in [5.41, 5.74) is 5.07. The van der Waals surface area contributed by atoms with Crippen molar-refractivity contribution in [3.05, 3.63) is 18.2 Å². The van der Waals surface area contributed by atoms with Crippen LogP contribution in [0.25, 0.3) is 0 Å². The fraction of sp³-hybridized carbons (Fsp3) is 0.444. The van der Waals surface area contributed by atoms with Gasteiger partial charge in [0.05, 0.1) is 19.4 Å². The van der Waals surface area contributed by atoms with Crippen molar-refractivity contribution in [1.82, 2.24) is 9.55 Å². The third kappa shape index (κ3) is 3.50. The minimum Gasteiger partial charge on any atom is -0.364 e. The van der Waals surface area contributed by atoms with E-state index in [1.165, 1.54) is 17.1 Å². The number of nitrogens with two attached hydrogens (primary N) is 1. The Hall–Kier alpha value is -1.58. The predicted molar refractivity (Wildman–Crippen MR) is 62.3 cm³/mol. The molecule has 2 rings (SSSR count). The highest BCUT2D eigenvalue weighted by Crippen LogP contribution is 2.37. The van der Waals surface area contributed by atoms with Crippen LogP contribution < -0.4 is 5.73 Å². The number of Topliss-reactive ketones (excluding diaryl/α,β-unsaturated/α-hetero) is 1. The van der Waals surface area contributed by atoms with Gasteiger partial charge in [0.25, 0.3) is 5.91 Å². The van der Waals surface area contributed by atoms with Gasteiger partial charge < -0.3 is 24.8 Å². The molecule has 0 aliphatic carbocycles. The largest absolute Gasteiger partial charge is 0.469 e. The molecule has 2 heterocycles. The molecule has 0 radical (unpaired) electrons. The normalized spacial score (nSPS) is 23.2. The lowest BCUT2D eigenvalue weighted by atomic mass is 10.2. The first kappa shape index (κ1) is 14.8. The molecule has 0 unspecified atom stereocenters. The maximum absolute atomic E-state index is 11.6. The minimum absolute atomic E-state index is 0.0240. The maximum atomic E-state index is 11.6. The van der Waals surface area contributed by atoms with Crippen LogP contribution in [0, 0.1) is 0 Å². The van der Waals surface area contributed by atoms with Crippen molar-refractivity contribution >= 4 is 19.5 Å². The fourth-order valence-corrected chi connectivity index (χ4v) is 2.04. The molecule has 0 bridgehead atoms. The number of carbonyl (C=O) groups excluding carboxylic acids is 2. The van der Waals surface area contributed by atoms with Gasteiger partial charge in [-0.15, -0.1) is 0 Å². The number of carbonyl (C=O) groups is 2. The number of imidazole rings is 1. The number of nitrogens with zero attached hydrogens (tertiary/aromatic N) is 2. The van der Waals surface area contributed by atoms with E-state index in [1.807, 2.05) is 0 Å². The SMILES string of the molecule is NC(=O)c1cn([C@H]2CC(=O)[C@@H](COP(=O)(O)O)O2)cn1. The van der Waals surface area contributed by atoms with Crippen LogP contribution in [0.3, 0.4) is 0 Å². The summed E-state index contributed by atoms with van der Waals surface area (Å²) in [6.07, 6.45) is 0.793. The molecule has 1 amide bonds. The number of aromatic nitrogens is 2. The van der Waals surface area contributed by atoms with Crippen LogP contribution in [0.4, 0.5) is 0 Å². The van der Waals surface area contributed by atoms with Crippen molar-refractivity contribution in [3.63, 3.8) is 0 Å². The van der Waals surface area contributed by atoms with Gasteiger partial charge in [0.1, 0.15) is 18.0 Å². The Morgan fingerprint density at radius 3 is 2.90 bits per heavy atom. The van der Waals surface area contributed by atoms with E-state index in [1.54, 1.807) is 0 Å². The van der Waals surface area contributed by atoms with E-state index in [0.717, 1.165) is 0 Å². The summed E-state index contributed by atoms with van der Waals surface area (Å²) in [6, 6.07) is 0. The van der Waals surface area contributed by atoms with Crippen LogP contribution in [0.1, 0.15) is 23.1 Å². The zero-order chi connectivity index (χ0) is 14.9. The van der Waals surface area contributed by atoms with Crippen LogP contribution in [0.2, 0.25) is 0 Å². The molecule has 20 heavy (non-hydrogen) atoms. The molecule has 10 nitrogen and oxygen atoms in total. The number of phosphoric acid groups is 1. The standard InChI is InChI=1S/C9H12N3O7P/c10-9(14)5-2-12(4-11-5)8-1-6(13)7(19-8)3-18-20(15,16)17/h2,4,7-8H,1,3H2,(H2,10,14)(H2,15,16,17)/t7-,8-/m1/s1. The third-order valence-electron chi connectivity index (χ3n) is 2.64. The van der Waals surface area contributed by atoms with Crippen LogP contribution >= 0.6 is 7.82 Å². The third-order valence-corrected chi connectivity index (χ3v) is 3.12. The summed E-state index contributed by atoms with van der Waals surface area (Å²) in [7, 11) is -4.66. The number of primary amides is 1. The Labute approximate surface area is 112 Å². The second-order valence-corrected chi connectivity index (χ2v) is 5.35. The van der Waals surface area contributed by atoms with Crippen LogP contribution in [-0.4, -0.2) is 43.7 Å². The molecular weight excluding hydrogens is 293 g/mol. The second-order valence-electron chi connectivity index (χ2n) is 4.11. The van der Waals surface area contributed by atoms with Crippen molar-refractivity contribution in [3.8, 4) is 0 Å². The lowest BCUT2D eigenvalue weighted by Crippen LogP contribution is -2.21. The fourth-order valence-electron chi connectivity index (χ4n) is 1.71. The summed E-state index contributed by atoms with van der Waals surface area (Å²) in [5.74, 6) is -1.08. The number of ether oxygens (including phenoxy) is 1. The number of amides is 1. The van der Waals surface area contributed by atoms with Crippen LogP contribution in [-0.2, 0) is 18.6 Å². The Morgan fingerprint density at radius 2 is 2.35 bits per heavy atom. The summed E-state index contributed by atoms with van der Waals surface area (Å²) < 4.78 is 21.5. The Morgan fingerprint density at radius 1 is 1.65 bits per heavy atom. The topological polar surface area (TPSA) is 154 Å². The predicted octanol–water partition coefficient (Wildman–Crippen LogP) is -1.05. The average molecular weight is 305 g/mol. The molecule has 2 atom stereocenters. The van der Waals surface area contributed by atoms with Gasteiger partial charge in [-0.3, -0.25) is 14.1 Å². The molecule has 0 aromatic carbocycles. The summed E-state index contributed by atoms with van der Waals surface area (Å²) in [6.45, 7) is -0.545. The summed E-state index contributed by atoms with van der Waals surface area (Å²) in [4.78, 5) is 43.4. The monoisotopic (exact) mass is 305 g/mol. The first-order valence-corrected chi connectivity index (χ1v) is 7.01. The van der Waals surface area contributed by atoms with Crippen molar-refractivity contribution in [2.45, 2.75) is 18.8 Å². The highest BCUT2D eigenvalue weighted by molar-refractivity contribution is 7.46. The Kier molecular flexibility index (Phi) is 4.02. The molecule has 1 aromatic heterocycles. The lowest BCUT2D eigenvalue weighted by molar-refractivity contribution is -0.124. The number of hydrogen-bond acceptors (Lipinski definition) is 6. The van der Waals surface area contributed by atoms with E-state index in [-0.39, 0.29) is 17.9 Å². The minimum atomic E-state index is -4.66. The van der Waals surface area contributed by atoms with Gasteiger partial charge in [0, 0.05) is 6.20 Å². The number of hydrogen-bond donors (Lipinski definition) is 3. The molecule has 110 valence electrons. The molecule has 1 saturated heterocycles. The summed E-state index contributed by atoms with van der Waals surface area (Å²) in [5, 5.41) is 0. The first-order chi connectivity index (χ1) is 9.26. The second kappa shape index (κ2) is 5.43. The quantitative estimate of drug-likeness (QED) is 0.582. The van der Waals surface area contributed by atoms with E-state index in [2.05, 4.69) is 9.51 Å². The van der Waals surface area contributed by atoms with E-state index >= 15 is 0 Å². The van der Waals surface area contributed by atoms with Gasteiger partial charge in [-0.1, -0.05) is 0 Å². The molecule has 1 aromatic rings. The van der Waals surface area contributed by atoms with Crippen molar-refractivity contribution in [2.75, 3.05) is 6.61 Å². The molecule has 4 N–H and O–H groups in total. The molecule has 1 fully saturated rings. The van der Waals surface area contributed by atoms with Crippen LogP contribution in [0.15, 0.2) is 12.5 Å². The smallest absolute Gasteiger partial charge is 0.364 e. The highest BCUT2D eigenvalue weighted by Gasteiger charge is 2.36. The van der Waals surface area contributed by atoms with E-state index < -0.39 is 32.7 Å². The number of phosphoric ester groups is 1. The zero-order valence-electron chi connectivity index (χ0n) is 10.1. The van der Waals surface area contributed by atoms with Gasteiger partial charge in [-0.05, 0) is 0 Å². The Bertz CT molecular complexity index is 580. The number of rotatable bonds is 5. The molecule has 1 aliphatic heterocycles. The van der Waals surface area contributed by atoms with Crippen molar-refractivity contribution < 1.29 is 33.2 Å². The lowest BCUT2D eigenvalue weighted by Gasteiger charge is -2.13. The van der Waals surface area contributed by atoms with Crippen LogP contribution in [0.5, 0.6) is 0 Å². The Balaban J connectivity index is 2.00.